The van der Waals surface area contributed by atoms with Gasteiger partial charge in [0, 0.05) is 12.0 Å². The minimum Gasteiger partial charge on any atom is -0.457 e. The van der Waals surface area contributed by atoms with Gasteiger partial charge in [-0.3, -0.25) is 0 Å². The van der Waals surface area contributed by atoms with Crippen molar-refractivity contribution in [1.29, 1.82) is 0 Å². The fraction of sp³-hybridized carbons (Fsp3) is 0.333. The van der Waals surface area contributed by atoms with E-state index in [0.29, 0.717) is 17.1 Å². The molecule has 2 aromatic rings. The monoisotopic (exact) mass is 306 g/mol. The van der Waals surface area contributed by atoms with E-state index in [9.17, 15) is 13.2 Å². The third-order valence-electron chi connectivity index (χ3n) is 4.46. The molecule has 0 bridgehead atoms. The summed E-state index contributed by atoms with van der Waals surface area (Å²) in [5.74, 6) is 0.984. The van der Waals surface area contributed by atoms with Gasteiger partial charge in [-0.1, -0.05) is 6.07 Å². The molecule has 0 aliphatic carbocycles. The highest BCUT2D eigenvalue weighted by molar-refractivity contribution is 5.58. The Morgan fingerprint density at radius 1 is 0.864 bits per heavy atom. The maximum atomic E-state index is 13.5. The highest BCUT2D eigenvalue weighted by Crippen LogP contribution is 2.46. The minimum atomic E-state index is -4.37. The summed E-state index contributed by atoms with van der Waals surface area (Å²) in [5.41, 5.74) is 3.51. The Morgan fingerprint density at radius 2 is 1.45 bits per heavy atom. The van der Waals surface area contributed by atoms with Crippen LogP contribution in [0.15, 0.2) is 18.2 Å². The Kier molecular flexibility index (Phi) is 3.24. The van der Waals surface area contributed by atoms with E-state index in [2.05, 4.69) is 0 Å². The zero-order valence-corrected chi connectivity index (χ0v) is 13.0. The summed E-state index contributed by atoms with van der Waals surface area (Å²) in [6.45, 7) is 7.13. The molecule has 0 N–H and O–H groups in total. The van der Waals surface area contributed by atoms with Gasteiger partial charge in [-0.2, -0.15) is 13.2 Å². The van der Waals surface area contributed by atoms with Crippen LogP contribution in [0.5, 0.6) is 11.5 Å². The van der Waals surface area contributed by atoms with Crippen molar-refractivity contribution < 1.29 is 17.9 Å². The second-order valence-corrected chi connectivity index (χ2v) is 5.99. The maximum absolute atomic E-state index is 13.5. The molecule has 0 fully saturated rings. The van der Waals surface area contributed by atoms with Crippen molar-refractivity contribution in [1.82, 2.24) is 0 Å². The van der Waals surface area contributed by atoms with Crippen LogP contribution < -0.4 is 4.74 Å². The summed E-state index contributed by atoms with van der Waals surface area (Å²) in [7, 11) is 0. The van der Waals surface area contributed by atoms with E-state index in [0.717, 1.165) is 16.7 Å². The number of aryl methyl sites for hydroxylation is 3. The minimum absolute atomic E-state index is 0.242. The molecule has 0 saturated carbocycles. The standard InChI is InChI=1S/C18H17F3O/c1-9-5-13-8-14-16(22-15(13)6-10(9)2)7-11(3)12(4)17(14)18(19,20)21/h5-7H,8H2,1-4H3. The Morgan fingerprint density at radius 3 is 2.09 bits per heavy atom. The third kappa shape index (κ3) is 2.27. The van der Waals surface area contributed by atoms with Crippen molar-refractivity contribution in [3.8, 4) is 11.5 Å². The Labute approximate surface area is 127 Å². The molecule has 2 aromatic carbocycles. The van der Waals surface area contributed by atoms with Gasteiger partial charge < -0.3 is 4.74 Å². The number of halogens is 3. The molecule has 0 aromatic heterocycles. The molecule has 0 atom stereocenters. The van der Waals surface area contributed by atoms with E-state index in [-0.39, 0.29) is 17.5 Å². The number of rotatable bonds is 0. The molecule has 1 nitrogen and oxygen atoms in total. The van der Waals surface area contributed by atoms with Gasteiger partial charge in [0.05, 0.1) is 5.56 Å². The van der Waals surface area contributed by atoms with Crippen LogP contribution in [0, 0.1) is 27.7 Å². The molecule has 0 amide bonds. The summed E-state index contributed by atoms with van der Waals surface area (Å²) in [6, 6.07) is 5.52. The number of hydrogen-bond acceptors (Lipinski definition) is 1. The lowest BCUT2D eigenvalue weighted by Gasteiger charge is -2.26. The molecular weight excluding hydrogens is 289 g/mol. The molecule has 4 heteroatoms. The zero-order valence-electron chi connectivity index (χ0n) is 13.0. The van der Waals surface area contributed by atoms with Crippen LogP contribution in [0.2, 0.25) is 0 Å². The fourth-order valence-corrected chi connectivity index (χ4v) is 2.98. The lowest BCUT2D eigenvalue weighted by atomic mass is 9.89. The molecule has 1 aliphatic rings. The Bertz CT molecular complexity index is 773. The number of hydrogen-bond donors (Lipinski definition) is 0. The maximum Gasteiger partial charge on any atom is 0.417 e. The van der Waals surface area contributed by atoms with Crippen molar-refractivity contribution in [3.05, 3.63) is 57.1 Å². The predicted molar refractivity (Wildman–Crippen MR) is 79.7 cm³/mol. The van der Waals surface area contributed by atoms with Crippen LogP contribution in [0.1, 0.15) is 38.9 Å². The second kappa shape index (κ2) is 4.77. The molecule has 116 valence electrons. The molecule has 0 radical (unpaired) electrons. The predicted octanol–water partition coefficient (Wildman–Crippen LogP) is 5.64. The lowest BCUT2D eigenvalue weighted by Crippen LogP contribution is -2.16. The molecule has 0 spiro atoms. The highest BCUT2D eigenvalue weighted by Gasteiger charge is 2.38. The van der Waals surface area contributed by atoms with Gasteiger partial charge in [0.2, 0.25) is 0 Å². The van der Waals surface area contributed by atoms with Crippen molar-refractivity contribution in [2.45, 2.75) is 40.3 Å². The molecule has 0 saturated heterocycles. The third-order valence-corrected chi connectivity index (χ3v) is 4.46. The van der Waals surface area contributed by atoms with Crippen LogP contribution in [0.25, 0.3) is 0 Å². The van der Waals surface area contributed by atoms with Gasteiger partial charge in [-0.15, -0.1) is 0 Å². The average molecular weight is 306 g/mol. The van der Waals surface area contributed by atoms with E-state index >= 15 is 0 Å². The zero-order chi connectivity index (χ0) is 16.2. The fourth-order valence-electron chi connectivity index (χ4n) is 2.98. The first kappa shape index (κ1) is 14.9. The number of alkyl halides is 3. The number of ether oxygens (including phenoxy) is 1. The van der Waals surface area contributed by atoms with Gasteiger partial charge in [-0.25, -0.2) is 0 Å². The van der Waals surface area contributed by atoms with E-state index in [1.807, 2.05) is 26.0 Å². The molecule has 1 aliphatic heterocycles. The van der Waals surface area contributed by atoms with Crippen LogP contribution in [-0.2, 0) is 12.6 Å². The van der Waals surface area contributed by atoms with Gasteiger partial charge in [0.25, 0.3) is 0 Å². The first-order chi connectivity index (χ1) is 10.2. The average Bonchev–Trinajstić information content (AvgIpc) is 2.39. The summed E-state index contributed by atoms with van der Waals surface area (Å²) < 4.78 is 46.2. The molecular formula is C18H17F3O. The summed E-state index contributed by atoms with van der Waals surface area (Å²) >= 11 is 0. The van der Waals surface area contributed by atoms with Gasteiger partial charge in [-0.05, 0) is 67.6 Å². The highest BCUT2D eigenvalue weighted by atomic mass is 19.4. The van der Waals surface area contributed by atoms with Crippen LogP contribution >= 0.6 is 0 Å². The van der Waals surface area contributed by atoms with E-state index in [4.69, 9.17) is 4.74 Å². The Hall–Kier alpha value is -1.97. The summed E-state index contributed by atoms with van der Waals surface area (Å²) in [6.07, 6.45) is -4.12. The second-order valence-electron chi connectivity index (χ2n) is 5.99. The van der Waals surface area contributed by atoms with Crippen molar-refractivity contribution in [2.24, 2.45) is 0 Å². The molecule has 1 heterocycles. The van der Waals surface area contributed by atoms with Crippen LogP contribution in [-0.4, -0.2) is 0 Å². The molecule has 0 unspecified atom stereocenters. The van der Waals surface area contributed by atoms with Gasteiger partial charge >= 0.3 is 6.18 Å². The van der Waals surface area contributed by atoms with Crippen molar-refractivity contribution in [2.75, 3.05) is 0 Å². The lowest BCUT2D eigenvalue weighted by molar-refractivity contribution is -0.138. The first-order valence-electron chi connectivity index (χ1n) is 7.16. The van der Waals surface area contributed by atoms with Crippen LogP contribution in [0.4, 0.5) is 13.2 Å². The van der Waals surface area contributed by atoms with Gasteiger partial charge in [0.1, 0.15) is 11.5 Å². The van der Waals surface area contributed by atoms with Crippen molar-refractivity contribution >= 4 is 0 Å². The topological polar surface area (TPSA) is 9.23 Å². The summed E-state index contributed by atoms with van der Waals surface area (Å²) in [5, 5.41) is 0. The SMILES string of the molecule is Cc1cc2c(cc1C)Oc1cc(C)c(C)c(C(F)(F)F)c1C2. The first-order valence-corrected chi connectivity index (χ1v) is 7.16. The molecule has 22 heavy (non-hydrogen) atoms. The summed E-state index contributed by atoms with van der Waals surface area (Å²) in [4.78, 5) is 0. The van der Waals surface area contributed by atoms with E-state index < -0.39 is 11.7 Å². The van der Waals surface area contributed by atoms with E-state index in [1.54, 1.807) is 13.0 Å². The van der Waals surface area contributed by atoms with Gasteiger partial charge in [0.15, 0.2) is 0 Å². The van der Waals surface area contributed by atoms with Crippen LogP contribution in [0.3, 0.4) is 0 Å². The van der Waals surface area contributed by atoms with Crippen molar-refractivity contribution in [3.63, 3.8) is 0 Å². The Balaban J connectivity index is 2.23. The number of fused-ring (bicyclic) bond motifs is 2. The number of benzene rings is 2. The molecule has 3 rings (SSSR count). The van der Waals surface area contributed by atoms with E-state index in [1.165, 1.54) is 6.92 Å². The normalized spacial score (nSPS) is 13.4. The smallest absolute Gasteiger partial charge is 0.417 e. The largest absolute Gasteiger partial charge is 0.457 e. The quantitative estimate of drug-likeness (QED) is 0.522.